The highest BCUT2D eigenvalue weighted by Gasteiger charge is 2.20. The molecule has 0 saturated heterocycles. The molecule has 0 fully saturated rings. The van der Waals surface area contributed by atoms with Crippen molar-refractivity contribution in [2.24, 2.45) is 5.73 Å². The summed E-state index contributed by atoms with van der Waals surface area (Å²) in [5, 5.41) is 9.15. The Hall–Kier alpha value is -5.33. The van der Waals surface area contributed by atoms with Gasteiger partial charge in [-0.2, -0.15) is 5.10 Å². The summed E-state index contributed by atoms with van der Waals surface area (Å²) in [6.45, 7) is 0.0992. The van der Waals surface area contributed by atoms with Crippen LogP contribution in [-0.4, -0.2) is 37.3 Å². The molecule has 0 aliphatic carbocycles. The van der Waals surface area contributed by atoms with Gasteiger partial charge in [0.05, 0.1) is 11.7 Å². The maximum absolute atomic E-state index is 14.3. The van der Waals surface area contributed by atoms with Gasteiger partial charge in [0.1, 0.15) is 11.4 Å². The Labute approximate surface area is 206 Å². The minimum atomic E-state index is -0.813. The van der Waals surface area contributed by atoms with E-state index in [-0.39, 0.29) is 35.7 Å². The number of hydrogen-bond donors (Lipinski definition) is 4. The Morgan fingerprint density at radius 1 is 1.03 bits per heavy atom. The number of H-pyrrole nitrogens is 1. The first-order valence-corrected chi connectivity index (χ1v) is 10.9. The van der Waals surface area contributed by atoms with Crippen LogP contribution in [0.15, 0.2) is 63.9 Å². The molecule has 12 nitrogen and oxygen atoms in total. The number of fused-ring (bicyclic) bond motifs is 2. The van der Waals surface area contributed by atoms with Crippen molar-refractivity contribution in [1.29, 1.82) is 0 Å². The molecular formula is C24H18FN7O5. The first kappa shape index (κ1) is 23.4. The Balaban J connectivity index is 1.36. The zero-order valence-electron chi connectivity index (χ0n) is 18.9. The van der Waals surface area contributed by atoms with Crippen molar-refractivity contribution in [3.8, 4) is 0 Å². The molecule has 2 aromatic carbocycles. The smallest absolute Gasteiger partial charge is 0.408 e. The number of nitrogens with zero attached hydrogens (tertiary/aromatic N) is 3. The van der Waals surface area contributed by atoms with Crippen LogP contribution >= 0.6 is 0 Å². The number of benzene rings is 2. The fraction of sp³-hybridized carbons (Fsp3) is 0.0833. The summed E-state index contributed by atoms with van der Waals surface area (Å²) in [4.78, 5) is 55.1. The number of halogens is 1. The Morgan fingerprint density at radius 3 is 2.57 bits per heavy atom. The zero-order valence-corrected chi connectivity index (χ0v) is 18.9. The van der Waals surface area contributed by atoms with E-state index >= 15 is 0 Å². The molecule has 3 aromatic heterocycles. The number of carbonyl (C=O) groups is 3. The van der Waals surface area contributed by atoms with Crippen LogP contribution in [-0.2, 0) is 13.1 Å². The average Bonchev–Trinajstić information content (AvgIpc) is 3.46. The van der Waals surface area contributed by atoms with E-state index in [1.54, 1.807) is 36.4 Å². The molecular weight excluding hydrogens is 485 g/mol. The first-order chi connectivity index (χ1) is 17.8. The van der Waals surface area contributed by atoms with E-state index in [1.165, 1.54) is 12.1 Å². The lowest BCUT2D eigenvalue weighted by Crippen LogP contribution is -2.28. The summed E-state index contributed by atoms with van der Waals surface area (Å²) in [6.07, 6.45) is 0.887. The number of aromatic amines is 1. The average molecular weight is 503 g/mol. The number of hydrogen-bond acceptors (Lipinski definition) is 7. The second-order valence-electron chi connectivity index (χ2n) is 8.03. The highest BCUT2D eigenvalue weighted by atomic mass is 19.1. The van der Waals surface area contributed by atoms with Crippen LogP contribution in [0.25, 0.3) is 16.7 Å². The van der Waals surface area contributed by atoms with Gasteiger partial charge in [0, 0.05) is 24.7 Å². The highest BCUT2D eigenvalue weighted by molar-refractivity contribution is 5.98. The number of aromatic nitrogens is 4. The standard InChI is InChI=1S/C24H18FN7O5/c25-15-11-29-32-18(23(35)28-9-12-2-1-3-14(6-12)20(26)33)8-17(30-21(15)32)22(34)27-10-13-4-5-19-16(7-13)31-24(36)37-19/h1-8,11H,9-10H2,(H2,26,33)(H,27,34)(H,28,35)(H,31,36). The van der Waals surface area contributed by atoms with Crippen molar-refractivity contribution >= 4 is 34.5 Å². The number of amides is 3. The normalized spacial score (nSPS) is 11.1. The van der Waals surface area contributed by atoms with Gasteiger partial charge in [0.25, 0.3) is 11.8 Å². The van der Waals surface area contributed by atoms with Crippen LogP contribution in [0.3, 0.4) is 0 Å². The Kier molecular flexibility index (Phi) is 5.93. The van der Waals surface area contributed by atoms with Crippen molar-refractivity contribution in [2.45, 2.75) is 13.1 Å². The molecule has 0 unspecified atom stereocenters. The van der Waals surface area contributed by atoms with Gasteiger partial charge in [0.15, 0.2) is 17.0 Å². The van der Waals surface area contributed by atoms with Crippen LogP contribution in [0.4, 0.5) is 4.39 Å². The minimum absolute atomic E-state index is 0.0353. The molecule has 0 saturated carbocycles. The van der Waals surface area contributed by atoms with E-state index in [9.17, 15) is 23.6 Å². The molecule has 5 rings (SSSR count). The van der Waals surface area contributed by atoms with Gasteiger partial charge < -0.3 is 20.8 Å². The molecule has 0 radical (unpaired) electrons. The van der Waals surface area contributed by atoms with E-state index in [4.69, 9.17) is 10.2 Å². The predicted molar refractivity (Wildman–Crippen MR) is 127 cm³/mol. The van der Waals surface area contributed by atoms with Crippen LogP contribution in [0.5, 0.6) is 0 Å². The molecule has 3 amide bonds. The number of carbonyl (C=O) groups excluding carboxylic acids is 3. The Bertz CT molecular complexity index is 1750. The summed E-state index contributed by atoms with van der Waals surface area (Å²) >= 11 is 0. The molecule has 0 bridgehead atoms. The molecule has 0 spiro atoms. The Morgan fingerprint density at radius 2 is 1.78 bits per heavy atom. The third-order valence-corrected chi connectivity index (χ3v) is 5.50. The molecule has 0 aliphatic rings. The van der Waals surface area contributed by atoms with Gasteiger partial charge in [-0.1, -0.05) is 18.2 Å². The molecule has 5 N–H and O–H groups in total. The summed E-state index contributed by atoms with van der Waals surface area (Å²) in [5.74, 6) is -3.32. The molecule has 0 atom stereocenters. The lowest BCUT2D eigenvalue weighted by molar-refractivity contribution is 0.0941. The zero-order chi connectivity index (χ0) is 26.1. The van der Waals surface area contributed by atoms with Crippen molar-refractivity contribution in [2.75, 3.05) is 0 Å². The van der Waals surface area contributed by atoms with E-state index in [2.05, 4.69) is 25.7 Å². The largest absolute Gasteiger partial charge is 0.417 e. The topological polar surface area (TPSA) is 177 Å². The third-order valence-electron chi connectivity index (χ3n) is 5.50. The van der Waals surface area contributed by atoms with Crippen molar-refractivity contribution in [3.63, 3.8) is 0 Å². The molecule has 5 aromatic rings. The predicted octanol–water partition coefficient (Wildman–Crippen LogP) is 1.26. The second kappa shape index (κ2) is 9.37. The summed E-state index contributed by atoms with van der Waals surface area (Å²) in [5.41, 5.74) is 7.06. The van der Waals surface area contributed by atoms with E-state index < -0.39 is 29.3 Å². The van der Waals surface area contributed by atoms with E-state index in [0.29, 0.717) is 22.2 Å². The van der Waals surface area contributed by atoms with Crippen molar-refractivity contribution in [1.82, 2.24) is 30.2 Å². The lowest BCUT2D eigenvalue weighted by Gasteiger charge is -2.10. The van der Waals surface area contributed by atoms with Gasteiger partial charge in [-0.05, 0) is 35.4 Å². The quantitative estimate of drug-likeness (QED) is 0.258. The van der Waals surface area contributed by atoms with Gasteiger partial charge in [-0.25, -0.2) is 18.7 Å². The maximum atomic E-state index is 14.3. The van der Waals surface area contributed by atoms with Crippen LogP contribution in [0.1, 0.15) is 42.5 Å². The highest BCUT2D eigenvalue weighted by Crippen LogP contribution is 2.14. The maximum Gasteiger partial charge on any atom is 0.417 e. The van der Waals surface area contributed by atoms with Crippen LogP contribution < -0.4 is 22.1 Å². The summed E-state index contributed by atoms with van der Waals surface area (Å²) < 4.78 is 20.3. The van der Waals surface area contributed by atoms with Crippen LogP contribution in [0, 0.1) is 5.82 Å². The number of oxazole rings is 1. The lowest BCUT2D eigenvalue weighted by atomic mass is 10.1. The summed E-state index contributed by atoms with van der Waals surface area (Å²) in [6, 6.07) is 12.5. The van der Waals surface area contributed by atoms with Gasteiger partial charge in [-0.3, -0.25) is 19.4 Å². The van der Waals surface area contributed by atoms with Gasteiger partial charge in [-0.15, -0.1) is 0 Å². The van der Waals surface area contributed by atoms with Crippen molar-refractivity contribution in [3.05, 3.63) is 99.2 Å². The number of primary amides is 1. The molecule has 3 heterocycles. The van der Waals surface area contributed by atoms with Crippen LogP contribution in [0.2, 0.25) is 0 Å². The molecule has 13 heteroatoms. The molecule has 186 valence electrons. The third kappa shape index (κ3) is 4.77. The molecule has 37 heavy (non-hydrogen) atoms. The van der Waals surface area contributed by atoms with Gasteiger partial charge in [0.2, 0.25) is 5.91 Å². The second-order valence-corrected chi connectivity index (χ2v) is 8.03. The summed E-state index contributed by atoms with van der Waals surface area (Å²) in [7, 11) is 0. The van der Waals surface area contributed by atoms with E-state index in [0.717, 1.165) is 10.7 Å². The number of nitrogens with two attached hydrogens (primary N) is 1. The fourth-order valence-corrected chi connectivity index (χ4v) is 3.70. The van der Waals surface area contributed by atoms with E-state index in [1.807, 2.05) is 0 Å². The minimum Gasteiger partial charge on any atom is -0.408 e. The first-order valence-electron chi connectivity index (χ1n) is 10.9. The molecule has 0 aliphatic heterocycles. The number of rotatable bonds is 7. The fourth-order valence-electron chi connectivity index (χ4n) is 3.70. The SMILES string of the molecule is NC(=O)c1cccc(CNC(=O)c2cc(C(=O)NCc3ccc4oc(=O)[nH]c4c3)nc3c(F)cnn23)c1. The number of nitrogens with one attached hydrogen (secondary N) is 3. The monoisotopic (exact) mass is 503 g/mol. The van der Waals surface area contributed by atoms with Gasteiger partial charge >= 0.3 is 5.76 Å². The van der Waals surface area contributed by atoms with Crippen molar-refractivity contribution < 1.29 is 23.2 Å².